The lowest BCUT2D eigenvalue weighted by Crippen LogP contribution is -2.17. The van der Waals surface area contributed by atoms with Crippen LogP contribution in [0, 0.1) is 5.92 Å². The molecule has 5 heteroatoms. The Bertz CT molecular complexity index is 445. The molecule has 2 fully saturated rings. The van der Waals surface area contributed by atoms with Gasteiger partial charge in [0.2, 0.25) is 0 Å². The van der Waals surface area contributed by atoms with E-state index in [1.807, 2.05) is 4.68 Å². The lowest BCUT2D eigenvalue weighted by molar-refractivity contribution is 0.0689. The lowest BCUT2D eigenvalue weighted by Gasteiger charge is -2.21. The first-order chi connectivity index (χ1) is 8.75. The van der Waals surface area contributed by atoms with E-state index in [2.05, 4.69) is 10.3 Å². The van der Waals surface area contributed by atoms with Crippen LogP contribution in [0.4, 0.5) is 0 Å². The van der Waals surface area contributed by atoms with E-state index in [9.17, 15) is 4.79 Å². The maximum Gasteiger partial charge on any atom is 0.358 e. The molecule has 2 aliphatic carbocycles. The van der Waals surface area contributed by atoms with Crippen LogP contribution in [0.3, 0.4) is 0 Å². The van der Waals surface area contributed by atoms with Gasteiger partial charge in [0.15, 0.2) is 5.69 Å². The van der Waals surface area contributed by atoms with E-state index < -0.39 is 5.97 Å². The summed E-state index contributed by atoms with van der Waals surface area (Å²) in [4.78, 5) is 11.1. The Balaban J connectivity index is 1.80. The molecule has 0 unspecified atom stereocenters. The lowest BCUT2D eigenvalue weighted by atomic mass is 9.89. The first-order valence-electron chi connectivity index (χ1n) is 6.92. The van der Waals surface area contributed by atoms with Crippen LogP contribution in [0.15, 0.2) is 0 Å². The fourth-order valence-corrected chi connectivity index (χ4v) is 2.98. The largest absolute Gasteiger partial charge is 0.476 e. The fraction of sp³-hybridized carbons (Fsp3) is 0.769. The number of carboxylic acid groups (broad SMARTS) is 1. The topological polar surface area (TPSA) is 68.0 Å². The zero-order chi connectivity index (χ0) is 12.5. The highest BCUT2D eigenvalue weighted by Gasteiger charge is 2.34. The summed E-state index contributed by atoms with van der Waals surface area (Å²) in [5.74, 6) is 0.0982. The summed E-state index contributed by atoms with van der Waals surface area (Å²) in [5, 5.41) is 17.1. The van der Waals surface area contributed by atoms with Gasteiger partial charge in [0, 0.05) is 12.5 Å². The minimum atomic E-state index is -0.938. The van der Waals surface area contributed by atoms with Crippen LogP contribution >= 0.6 is 0 Å². The molecule has 18 heavy (non-hydrogen) atoms. The van der Waals surface area contributed by atoms with Gasteiger partial charge in [0.05, 0.1) is 5.69 Å². The van der Waals surface area contributed by atoms with Gasteiger partial charge < -0.3 is 5.11 Å². The highest BCUT2D eigenvalue weighted by molar-refractivity contribution is 5.86. The van der Waals surface area contributed by atoms with Crippen molar-refractivity contribution in [3.63, 3.8) is 0 Å². The Morgan fingerprint density at radius 2 is 1.94 bits per heavy atom. The molecule has 0 spiro atoms. The summed E-state index contributed by atoms with van der Waals surface area (Å²) < 4.78 is 1.87. The first kappa shape index (κ1) is 11.7. The zero-order valence-electron chi connectivity index (χ0n) is 10.5. The SMILES string of the molecule is O=C(O)c1nnn(CC2CCCCC2)c1C1CC1. The standard InChI is InChI=1S/C13H19N3O2/c17-13(18)11-12(10-6-7-10)16(15-14-11)8-9-4-2-1-3-5-9/h9-10H,1-8H2,(H,17,18). The maximum atomic E-state index is 11.1. The van der Waals surface area contributed by atoms with Crippen LogP contribution in [0.25, 0.3) is 0 Å². The van der Waals surface area contributed by atoms with Crippen LogP contribution in [0.2, 0.25) is 0 Å². The quantitative estimate of drug-likeness (QED) is 0.889. The number of carbonyl (C=O) groups is 1. The molecule has 0 bridgehead atoms. The number of rotatable bonds is 4. The molecule has 98 valence electrons. The third-order valence-electron chi connectivity index (χ3n) is 4.10. The Labute approximate surface area is 106 Å². The number of carboxylic acids is 1. The Hall–Kier alpha value is -1.39. The van der Waals surface area contributed by atoms with Gasteiger partial charge in [-0.15, -0.1) is 5.10 Å². The van der Waals surface area contributed by atoms with Crippen molar-refractivity contribution in [3.8, 4) is 0 Å². The molecule has 1 heterocycles. The van der Waals surface area contributed by atoms with E-state index in [0.717, 1.165) is 25.1 Å². The number of aromatic nitrogens is 3. The summed E-state index contributed by atoms with van der Waals surface area (Å²) in [6.45, 7) is 0.853. The van der Waals surface area contributed by atoms with Gasteiger partial charge in [-0.2, -0.15) is 0 Å². The molecule has 2 aliphatic rings. The Kier molecular flexibility index (Phi) is 3.06. The number of hydrogen-bond donors (Lipinski definition) is 1. The second-order valence-electron chi connectivity index (χ2n) is 5.59. The summed E-state index contributed by atoms with van der Waals surface area (Å²) in [5.41, 5.74) is 1.04. The molecular weight excluding hydrogens is 230 g/mol. The summed E-state index contributed by atoms with van der Waals surface area (Å²) in [6, 6.07) is 0. The predicted molar refractivity (Wildman–Crippen MR) is 65.5 cm³/mol. The summed E-state index contributed by atoms with van der Waals surface area (Å²) in [6.07, 6.45) is 8.58. The monoisotopic (exact) mass is 249 g/mol. The van der Waals surface area contributed by atoms with Crippen molar-refractivity contribution in [3.05, 3.63) is 11.4 Å². The number of hydrogen-bond acceptors (Lipinski definition) is 3. The maximum absolute atomic E-state index is 11.1. The van der Waals surface area contributed by atoms with Crippen LogP contribution in [0.1, 0.15) is 67.0 Å². The van der Waals surface area contributed by atoms with E-state index in [0.29, 0.717) is 11.8 Å². The minimum Gasteiger partial charge on any atom is -0.476 e. The van der Waals surface area contributed by atoms with Gasteiger partial charge in [-0.05, 0) is 31.6 Å². The summed E-state index contributed by atoms with van der Waals surface area (Å²) in [7, 11) is 0. The van der Waals surface area contributed by atoms with Crippen molar-refractivity contribution >= 4 is 5.97 Å². The van der Waals surface area contributed by atoms with Crippen molar-refractivity contribution in [2.45, 2.75) is 57.4 Å². The average Bonchev–Trinajstić information content (AvgIpc) is 3.12. The Morgan fingerprint density at radius 3 is 2.56 bits per heavy atom. The van der Waals surface area contributed by atoms with Crippen molar-refractivity contribution in [1.82, 2.24) is 15.0 Å². The molecule has 0 saturated heterocycles. The molecule has 3 rings (SSSR count). The third-order valence-corrected chi connectivity index (χ3v) is 4.10. The molecule has 1 aromatic heterocycles. The first-order valence-corrected chi connectivity index (χ1v) is 6.92. The molecule has 0 aromatic carbocycles. The van der Waals surface area contributed by atoms with Gasteiger partial charge in [0.1, 0.15) is 0 Å². The fourth-order valence-electron chi connectivity index (χ4n) is 2.98. The van der Waals surface area contributed by atoms with Crippen molar-refractivity contribution in [2.24, 2.45) is 5.92 Å². The van der Waals surface area contributed by atoms with E-state index in [1.165, 1.54) is 32.1 Å². The van der Waals surface area contributed by atoms with Crippen molar-refractivity contribution in [1.29, 1.82) is 0 Å². The average molecular weight is 249 g/mol. The van der Waals surface area contributed by atoms with E-state index in [4.69, 9.17) is 5.11 Å². The van der Waals surface area contributed by atoms with Crippen LogP contribution in [-0.4, -0.2) is 26.1 Å². The van der Waals surface area contributed by atoms with Gasteiger partial charge >= 0.3 is 5.97 Å². The molecule has 0 atom stereocenters. The molecular formula is C13H19N3O2. The van der Waals surface area contributed by atoms with Crippen molar-refractivity contribution in [2.75, 3.05) is 0 Å². The second-order valence-corrected chi connectivity index (χ2v) is 5.59. The molecule has 2 saturated carbocycles. The normalized spacial score (nSPS) is 21.1. The smallest absolute Gasteiger partial charge is 0.358 e. The van der Waals surface area contributed by atoms with Gasteiger partial charge in [-0.1, -0.05) is 24.5 Å². The third kappa shape index (κ3) is 2.26. The van der Waals surface area contributed by atoms with Gasteiger partial charge in [-0.3, -0.25) is 0 Å². The Morgan fingerprint density at radius 1 is 1.22 bits per heavy atom. The van der Waals surface area contributed by atoms with Crippen LogP contribution in [-0.2, 0) is 6.54 Å². The molecule has 0 aliphatic heterocycles. The number of nitrogens with zero attached hydrogens (tertiary/aromatic N) is 3. The predicted octanol–water partition coefficient (Wildman–Crippen LogP) is 2.43. The summed E-state index contributed by atoms with van der Waals surface area (Å²) >= 11 is 0. The van der Waals surface area contributed by atoms with Crippen molar-refractivity contribution < 1.29 is 9.90 Å². The zero-order valence-corrected chi connectivity index (χ0v) is 10.5. The highest BCUT2D eigenvalue weighted by Crippen LogP contribution is 2.41. The number of aromatic carboxylic acids is 1. The van der Waals surface area contributed by atoms with Crippen LogP contribution < -0.4 is 0 Å². The second kappa shape index (κ2) is 4.71. The molecule has 0 amide bonds. The van der Waals surface area contributed by atoms with Gasteiger partial charge in [0.25, 0.3) is 0 Å². The van der Waals surface area contributed by atoms with E-state index >= 15 is 0 Å². The molecule has 1 aromatic rings. The van der Waals surface area contributed by atoms with E-state index in [-0.39, 0.29) is 5.69 Å². The van der Waals surface area contributed by atoms with Crippen LogP contribution in [0.5, 0.6) is 0 Å². The molecule has 5 nitrogen and oxygen atoms in total. The molecule has 0 radical (unpaired) electrons. The van der Waals surface area contributed by atoms with E-state index in [1.54, 1.807) is 0 Å². The molecule has 1 N–H and O–H groups in total. The highest BCUT2D eigenvalue weighted by atomic mass is 16.4. The van der Waals surface area contributed by atoms with Gasteiger partial charge in [-0.25, -0.2) is 9.48 Å². The minimum absolute atomic E-state index is 0.174.